The third-order valence-corrected chi connectivity index (χ3v) is 5.28. The normalized spacial score (nSPS) is 10.4. The van der Waals surface area contributed by atoms with E-state index in [0.29, 0.717) is 39.1 Å². The summed E-state index contributed by atoms with van der Waals surface area (Å²) in [5.41, 5.74) is 2.31. The van der Waals surface area contributed by atoms with Crippen LogP contribution in [0.4, 0.5) is 5.69 Å². The number of nitriles is 1. The molecule has 3 aromatic rings. The van der Waals surface area contributed by atoms with Crippen molar-refractivity contribution in [1.82, 2.24) is 20.1 Å². The fraction of sp³-hybridized carbons (Fsp3) is 0.190. The van der Waals surface area contributed by atoms with E-state index in [-0.39, 0.29) is 11.3 Å². The Morgan fingerprint density at radius 1 is 1.29 bits per heavy atom. The molecule has 2 amide bonds. The van der Waals surface area contributed by atoms with Crippen molar-refractivity contribution in [2.24, 2.45) is 0 Å². The summed E-state index contributed by atoms with van der Waals surface area (Å²) in [7, 11) is 1.48. The van der Waals surface area contributed by atoms with E-state index in [0.717, 1.165) is 0 Å². The number of carbonyl (C=O) groups excluding carboxylic acids is 2. The van der Waals surface area contributed by atoms with Crippen molar-refractivity contribution in [1.29, 1.82) is 5.26 Å². The van der Waals surface area contributed by atoms with Gasteiger partial charge in [-0.2, -0.15) is 22.1 Å². The first-order valence-corrected chi connectivity index (χ1v) is 10.9. The lowest BCUT2D eigenvalue weighted by atomic mass is 10.0. The average Bonchev–Trinajstić information content (AvgIpc) is 3.18. The van der Waals surface area contributed by atoms with E-state index in [9.17, 15) is 14.9 Å². The van der Waals surface area contributed by atoms with Crippen LogP contribution in [-0.2, 0) is 5.75 Å². The van der Waals surface area contributed by atoms with E-state index in [1.807, 2.05) is 12.3 Å². The summed E-state index contributed by atoms with van der Waals surface area (Å²) < 4.78 is 1.39. The van der Waals surface area contributed by atoms with Crippen LogP contribution in [0.5, 0.6) is 0 Å². The zero-order chi connectivity index (χ0) is 22.5. The van der Waals surface area contributed by atoms with Crippen LogP contribution in [0.1, 0.15) is 37.7 Å². The minimum Gasteiger partial charge on any atom is -0.355 e. The second-order valence-electron chi connectivity index (χ2n) is 6.54. The zero-order valence-corrected chi connectivity index (χ0v) is 18.6. The highest BCUT2D eigenvalue weighted by Crippen LogP contribution is 2.26. The first kappa shape index (κ1) is 22.3. The number of hydrogen-bond acceptors (Lipinski definition) is 6. The van der Waals surface area contributed by atoms with Crippen molar-refractivity contribution in [3.63, 3.8) is 0 Å². The number of amides is 2. The number of pyridine rings is 1. The van der Waals surface area contributed by atoms with Crippen LogP contribution in [0.25, 0.3) is 5.82 Å². The van der Waals surface area contributed by atoms with Gasteiger partial charge in [-0.05, 0) is 49.1 Å². The average molecular weight is 455 g/mol. The van der Waals surface area contributed by atoms with Gasteiger partial charge in [0.15, 0.2) is 5.82 Å². The Labute approximate surface area is 188 Å². The van der Waals surface area contributed by atoms with Gasteiger partial charge in [0, 0.05) is 19.0 Å². The van der Waals surface area contributed by atoms with Crippen LogP contribution in [0, 0.1) is 18.3 Å². The number of nitrogens with one attached hydrogen (secondary N) is 2. The summed E-state index contributed by atoms with van der Waals surface area (Å²) in [5.74, 6) is 0.0149. The van der Waals surface area contributed by atoms with Gasteiger partial charge in [-0.25, -0.2) is 9.67 Å². The number of carbonyl (C=O) groups is 2. The number of nitrogens with zero attached hydrogens (tertiary/aromatic N) is 4. The Morgan fingerprint density at radius 2 is 2.06 bits per heavy atom. The van der Waals surface area contributed by atoms with E-state index in [1.54, 1.807) is 49.1 Å². The standard InChI is InChI=1S/C21H19ClN6O2S/c1-12-7-13(10-23)8-15(20(29)24-2)18(12)26-21(30)17-9-14(11-31-3)27-28(17)19-16(22)5-4-6-25-19/h4-9H,11H2,1-3H3,(H,24,29)(H,26,30). The first-order valence-electron chi connectivity index (χ1n) is 9.16. The summed E-state index contributed by atoms with van der Waals surface area (Å²) in [6, 6.07) is 10.1. The number of hydrogen-bond donors (Lipinski definition) is 2. The largest absolute Gasteiger partial charge is 0.355 e. The van der Waals surface area contributed by atoms with Gasteiger partial charge in [-0.3, -0.25) is 9.59 Å². The predicted molar refractivity (Wildman–Crippen MR) is 121 cm³/mol. The monoisotopic (exact) mass is 454 g/mol. The van der Waals surface area contributed by atoms with E-state index in [2.05, 4.69) is 20.7 Å². The molecule has 2 heterocycles. The van der Waals surface area contributed by atoms with Crippen LogP contribution in [0.2, 0.25) is 5.02 Å². The van der Waals surface area contributed by atoms with Crippen LogP contribution >= 0.6 is 23.4 Å². The zero-order valence-electron chi connectivity index (χ0n) is 17.1. The molecule has 0 unspecified atom stereocenters. The van der Waals surface area contributed by atoms with Gasteiger partial charge >= 0.3 is 0 Å². The van der Waals surface area contributed by atoms with E-state index in [4.69, 9.17) is 11.6 Å². The quantitative estimate of drug-likeness (QED) is 0.588. The summed E-state index contributed by atoms with van der Waals surface area (Å²) in [6.45, 7) is 1.72. The molecule has 0 radical (unpaired) electrons. The topological polar surface area (TPSA) is 113 Å². The van der Waals surface area contributed by atoms with E-state index >= 15 is 0 Å². The molecule has 0 saturated heterocycles. The molecule has 31 heavy (non-hydrogen) atoms. The molecule has 1 aromatic carbocycles. The van der Waals surface area contributed by atoms with E-state index < -0.39 is 11.8 Å². The number of aryl methyl sites for hydroxylation is 1. The van der Waals surface area contributed by atoms with Gasteiger partial charge in [-0.15, -0.1) is 0 Å². The lowest BCUT2D eigenvalue weighted by Gasteiger charge is -2.14. The van der Waals surface area contributed by atoms with Crippen molar-refractivity contribution < 1.29 is 9.59 Å². The summed E-state index contributed by atoms with van der Waals surface area (Å²) in [5, 5.41) is 19.4. The molecule has 0 saturated carbocycles. The van der Waals surface area contributed by atoms with Crippen molar-refractivity contribution in [2.75, 3.05) is 18.6 Å². The van der Waals surface area contributed by atoms with Crippen molar-refractivity contribution in [2.45, 2.75) is 12.7 Å². The van der Waals surface area contributed by atoms with Gasteiger partial charge in [0.1, 0.15) is 5.69 Å². The minimum atomic E-state index is -0.487. The number of rotatable bonds is 6. The third-order valence-electron chi connectivity index (χ3n) is 4.40. The Bertz CT molecular complexity index is 1200. The number of benzene rings is 1. The number of aromatic nitrogens is 3. The van der Waals surface area contributed by atoms with Gasteiger partial charge in [-0.1, -0.05) is 11.6 Å². The summed E-state index contributed by atoms with van der Waals surface area (Å²) >= 11 is 7.85. The number of thioether (sulfide) groups is 1. The molecule has 0 aliphatic heterocycles. The molecule has 0 spiro atoms. The highest BCUT2D eigenvalue weighted by molar-refractivity contribution is 7.97. The van der Waals surface area contributed by atoms with Crippen molar-refractivity contribution in [3.8, 4) is 11.9 Å². The second kappa shape index (κ2) is 9.64. The maximum Gasteiger partial charge on any atom is 0.274 e. The molecule has 10 heteroatoms. The lowest BCUT2D eigenvalue weighted by molar-refractivity contribution is 0.0964. The second-order valence-corrected chi connectivity index (χ2v) is 7.81. The molecule has 0 atom stereocenters. The van der Waals surface area contributed by atoms with Gasteiger partial charge < -0.3 is 10.6 Å². The molecule has 0 fully saturated rings. The maximum absolute atomic E-state index is 13.3. The predicted octanol–water partition coefficient (Wildman–Crippen LogP) is 3.58. The van der Waals surface area contributed by atoms with Crippen molar-refractivity contribution in [3.05, 3.63) is 69.6 Å². The number of anilines is 1. The highest BCUT2D eigenvalue weighted by Gasteiger charge is 2.22. The molecular formula is C21H19ClN6O2S. The molecule has 8 nitrogen and oxygen atoms in total. The summed E-state index contributed by atoms with van der Waals surface area (Å²) in [4.78, 5) is 29.9. The fourth-order valence-corrected chi connectivity index (χ4v) is 3.65. The molecule has 0 aliphatic carbocycles. The maximum atomic E-state index is 13.3. The van der Waals surface area contributed by atoms with Gasteiger partial charge in [0.25, 0.3) is 11.8 Å². The van der Waals surface area contributed by atoms with Gasteiger partial charge in [0.05, 0.1) is 33.6 Å². The molecule has 3 rings (SSSR count). The first-order chi connectivity index (χ1) is 14.9. The van der Waals surface area contributed by atoms with Gasteiger partial charge in [0.2, 0.25) is 0 Å². The van der Waals surface area contributed by atoms with Crippen molar-refractivity contribution >= 4 is 40.9 Å². The molecular weight excluding hydrogens is 436 g/mol. The SMILES string of the molecule is CNC(=O)c1cc(C#N)cc(C)c1NC(=O)c1cc(CSC)nn1-c1ncccc1Cl. The molecule has 158 valence electrons. The third kappa shape index (κ3) is 4.71. The Kier molecular flexibility index (Phi) is 6.95. The lowest BCUT2D eigenvalue weighted by Crippen LogP contribution is -2.24. The molecule has 2 aromatic heterocycles. The molecule has 2 N–H and O–H groups in total. The Morgan fingerprint density at radius 3 is 2.71 bits per heavy atom. The van der Waals surface area contributed by atoms with E-state index in [1.165, 1.54) is 17.8 Å². The number of halogens is 1. The molecule has 0 bridgehead atoms. The smallest absolute Gasteiger partial charge is 0.274 e. The molecule has 0 aliphatic rings. The fourth-order valence-electron chi connectivity index (χ4n) is 3.01. The van der Waals surface area contributed by atoms with Crippen LogP contribution in [-0.4, -0.2) is 39.9 Å². The Hall–Kier alpha value is -3.35. The van der Waals surface area contributed by atoms with Crippen LogP contribution < -0.4 is 10.6 Å². The highest BCUT2D eigenvalue weighted by atomic mass is 35.5. The van der Waals surface area contributed by atoms with Crippen LogP contribution in [0.15, 0.2) is 36.5 Å². The van der Waals surface area contributed by atoms with Crippen LogP contribution in [0.3, 0.4) is 0 Å². The Balaban J connectivity index is 2.08. The minimum absolute atomic E-state index is 0.193. The summed E-state index contributed by atoms with van der Waals surface area (Å²) in [6.07, 6.45) is 3.50.